The molecule has 3 aromatic rings. The third-order valence-electron chi connectivity index (χ3n) is 4.82. The normalized spacial score (nSPS) is 10.9. The lowest BCUT2D eigenvalue weighted by molar-refractivity contribution is -0.118. The molecular formula is C26H20BrCl2N3O3. The smallest absolute Gasteiger partial charge is 0.266 e. The number of hydrogen-bond donors (Lipinski definition) is 2. The van der Waals surface area contributed by atoms with Gasteiger partial charge in [-0.2, -0.15) is 5.26 Å². The molecule has 0 aliphatic carbocycles. The summed E-state index contributed by atoms with van der Waals surface area (Å²) in [7, 11) is 0. The van der Waals surface area contributed by atoms with Gasteiger partial charge in [-0.25, -0.2) is 0 Å². The minimum Gasteiger partial charge on any atom is -0.483 e. The Morgan fingerprint density at radius 1 is 1.03 bits per heavy atom. The van der Waals surface area contributed by atoms with Gasteiger partial charge in [0.15, 0.2) is 6.61 Å². The highest BCUT2D eigenvalue weighted by Crippen LogP contribution is 2.28. The molecule has 0 heterocycles. The summed E-state index contributed by atoms with van der Waals surface area (Å²) in [6.07, 6.45) is 1.48. The lowest BCUT2D eigenvalue weighted by atomic mass is 10.1. The van der Waals surface area contributed by atoms with Crippen molar-refractivity contribution < 1.29 is 14.3 Å². The van der Waals surface area contributed by atoms with E-state index in [1.54, 1.807) is 42.5 Å². The second-order valence-electron chi connectivity index (χ2n) is 7.60. The molecule has 0 saturated heterocycles. The van der Waals surface area contributed by atoms with Crippen LogP contribution in [0.1, 0.15) is 16.7 Å². The summed E-state index contributed by atoms with van der Waals surface area (Å²) in [5.41, 5.74) is 3.68. The van der Waals surface area contributed by atoms with Crippen molar-refractivity contribution in [3.63, 3.8) is 0 Å². The minimum atomic E-state index is -0.505. The first-order valence-corrected chi connectivity index (χ1v) is 11.9. The molecule has 3 aromatic carbocycles. The van der Waals surface area contributed by atoms with Crippen molar-refractivity contribution >= 4 is 68.4 Å². The van der Waals surface area contributed by atoms with Crippen LogP contribution < -0.4 is 15.4 Å². The number of aryl methyl sites for hydroxylation is 2. The van der Waals surface area contributed by atoms with E-state index in [0.717, 1.165) is 11.1 Å². The summed E-state index contributed by atoms with van der Waals surface area (Å²) in [6, 6.07) is 17.3. The van der Waals surface area contributed by atoms with Crippen LogP contribution in [-0.4, -0.2) is 18.4 Å². The number of amides is 2. The highest BCUT2D eigenvalue weighted by atomic mass is 79.9. The van der Waals surface area contributed by atoms with Gasteiger partial charge >= 0.3 is 0 Å². The summed E-state index contributed by atoms with van der Waals surface area (Å²) < 4.78 is 6.13. The quantitative estimate of drug-likeness (QED) is 0.237. The Morgan fingerprint density at radius 2 is 1.80 bits per heavy atom. The largest absolute Gasteiger partial charge is 0.483 e. The van der Waals surface area contributed by atoms with E-state index in [2.05, 4.69) is 26.6 Å². The third-order valence-corrected chi connectivity index (χ3v) is 6.18. The fraction of sp³-hybridized carbons (Fsp3) is 0.115. The van der Waals surface area contributed by atoms with Gasteiger partial charge in [-0.05, 0) is 83.4 Å². The topological polar surface area (TPSA) is 91.2 Å². The van der Waals surface area contributed by atoms with Crippen LogP contribution in [0, 0.1) is 25.2 Å². The molecule has 178 valence electrons. The van der Waals surface area contributed by atoms with Gasteiger partial charge in [0.05, 0.1) is 14.5 Å². The molecule has 0 aromatic heterocycles. The van der Waals surface area contributed by atoms with Crippen LogP contribution in [0.25, 0.3) is 6.08 Å². The van der Waals surface area contributed by atoms with E-state index in [1.807, 2.05) is 32.0 Å². The lowest BCUT2D eigenvalue weighted by Gasteiger charge is -2.10. The van der Waals surface area contributed by atoms with Gasteiger partial charge in [-0.15, -0.1) is 0 Å². The summed E-state index contributed by atoms with van der Waals surface area (Å²) in [6.45, 7) is 3.61. The fourth-order valence-corrected chi connectivity index (χ4v) is 3.91. The van der Waals surface area contributed by atoms with Gasteiger partial charge in [0.1, 0.15) is 17.4 Å². The third kappa shape index (κ3) is 7.33. The first-order valence-electron chi connectivity index (χ1n) is 10.3. The number of nitrogens with zero attached hydrogens (tertiary/aromatic N) is 1. The van der Waals surface area contributed by atoms with Gasteiger partial charge in [-0.3, -0.25) is 9.59 Å². The van der Waals surface area contributed by atoms with Crippen LogP contribution in [0.4, 0.5) is 11.4 Å². The molecule has 2 N–H and O–H groups in total. The Hall–Kier alpha value is -3.31. The molecule has 9 heteroatoms. The van der Waals surface area contributed by atoms with Crippen molar-refractivity contribution in [1.82, 2.24) is 0 Å². The summed E-state index contributed by atoms with van der Waals surface area (Å²) in [5, 5.41) is 15.7. The molecule has 3 rings (SSSR count). The molecular weight excluding hydrogens is 553 g/mol. The number of hydrogen-bond acceptors (Lipinski definition) is 4. The van der Waals surface area contributed by atoms with E-state index in [1.165, 1.54) is 6.08 Å². The van der Waals surface area contributed by atoms with Crippen molar-refractivity contribution in [3.8, 4) is 11.8 Å². The zero-order chi connectivity index (χ0) is 25.5. The molecule has 0 atom stereocenters. The van der Waals surface area contributed by atoms with Crippen LogP contribution in [-0.2, 0) is 9.59 Å². The molecule has 35 heavy (non-hydrogen) atoms. The summed E-state index contributed by atoms with van der Waals surface area (Å²) in [4.78, 5) is 24.8. The number of nitriles is 1. The van der Waals surface area contributed by atoms with Gasteiger partial charge < -0.3 is 15.4 Å². The predicted octanol–water partition coefficient (Wildman–Crippen LogP) is 6.94. The monoisotopic (exact) mass is 571 g/mol. The SMILES string of the molecule is Cc1ccc(NC(=O)/C(C#N)=C/c2ccc(OCC(=O)Nc3ccc(Cl)c(Cl)c3)c(Br)c2)c(C)c1. The van der Waals surface area contributed by atoms with Gasteiger partial charge in [0.25, 0.3) is 11.8 Å². The Balaban J connectivity index is 1.64. The highest BCUT2D eigenvalue weighted by Gasteiger charge is 2.12. The summed E-state index contributed by atoms with van der Waals surface area (Å²) >= 11 is 15.2. The second-order valence-corrected chi connectivity index (χ2v) is 9.27. The van der Waals surface area contributed by atoms with Crippen molar-refractivity contribution in [1.29, 1.82) is 5.26 Å². The molecule has 0 aliphatic rings. The number of nitrogens with one attached hydrogen (secondary N) is 2. The van der Waals surface area contributed by atoms with Crippen LogP contribution in [0.2, 0.25) is 10.0 Å². The van der Waals surface area contributed by atoms with Gasteiger partial charge in [0.2, 0.25) is 0 Å². The van der Waals surface area contributed by atoms with E-state index < -0.39 is 5.91 Å². The molecule has 0 saturated carbocycles. The number of anilines is 2. The molecule has 0 spiro atoms. The average molecular weight is 573 g/mol. The lowest BCUT2D eigenvalue weighted by Crippen LogP contribution is -2.20. The molecule has 2 amide bonds. The van der Waals surface area contributed by atoms with E-state index in [4.69, 9.17) is 27.9 Å². The Bertz CT molecular complexity index is 1370. The van der Waals surface area contributed by atoms with Crippen molar-refractivity contribution in [3.05, 3.63) is 91.4 Å². The van der Waals surface area contributed by atoms with E-state index in [9.17, 15) is 14.9 Å². The van der Waals surface area contributed by atoms with Crippen LogP contribution in [0.15, 0.2) is 64.6 Å². The molecule has 6 nitrogen and oxygen atoms in total. The van der Waals surface area contributed by atoms with Crippen molar-refractivity contribution in [2.75, 3.05) is 17.2 Å². The maximum absolute atomic E-state index is 12.6. The Morgan fingerprint density at radius 3 is 2.46 bits per heavy atom. The number of ether oxygens (including phenoxy) is 1. The first kappa shape index (κ1) is 26.3. The maximum atomic E-state index is 12.6. The molecule has 0 fully saturated rings. The number of carbonyl (C=O) groups excluding carboxylic acids is 2. The van der Waals surface area contributed by atoms with E-state index >= 15 is 0 Å². The predicted molar refractivity (Wildman–Crippen MR) is 143 cm³/mol. The van der Waals surface area contributed by atoms with Crippen molar-refractivity contribution in [2.24, 2.45) is 0 Å². The Labute approximate surface area is 221 Å². The maximum Gasteiger partial charge on any atom is 0.266 e. The molecule has 0 unspecified atom stereocenters. The average Bonchev–Trinajstić information content (AvgIpc) is 2.81. The summed E-state index contributed by atoms with van der Waals surface area (Å²) in [5.74, 6) is -0.464. The molecule has 0 bridgehead atoms. The zero-order valence-electron chi connectivity index (χ0n) is 18.8. The Kier molecular flexibility index (Phi) is 8.94. The number of rotatable bonds is 7. The van der Waals surface area contributed by atoms with Gasteiger partial charge in [-0.1, -0.05) is 47.0 Å². The number of halogens is 3. The van der Waals surface area contributed by atoms with Crippen molar-refractivity contribution in [2.45, 2.75) is 13.8 Å². The number of benzene rings is 3. The van der Waals surface area contributed by atoms with Gasteiger partial charge in [0, 0.05) is 11.4 Å². The zero-order valence-corrected chi connectivity index (χ0v) is 21.9. The number of carbonyl (C=O) groups is 2. The first-order chi connectivity index (χ1) is 16.7. The van der Waals surface area contributed by atoms with Crippen LogP contribution in [0.3, 0.4) is 0 Å². The van der Waals surface area contributed by atoms with Crippen LogP contribution >= 0.6 is 39.1 Å². The standard InChI is InChI=1S/C26H20BrCl2N3O3/c1-15-3-7-23(16(2)9-15)32-26(34)18(13-30)10-17-4-8-24(20(27)11-17)35-14-25(33)31-19-5-6-21(28)22(29)12-19/h3-12H,14H2,1-2H3,(H,31,33)(H,32,34)/b18-10+. The minimum absolute atomic E-state index is 0.0495. The highest BCUT2D eigenvalue weighted by molar-refractivity contribution is 9.10. The second kappa shape index (κ2) is 11.9. The van der Waals surface area contributed by atoms with E-state index in [-0.39, 0.29) is 18.1 Å². The molecule has 0 aliphatic heterocycles. The van der Waals surface area contributed by atoms with Crippen LogP contribution in [0.5, 0.6) is 5.75 Å². The molecule has 0 radical (unpaired) electrons. The fourth-order valence-electron chi connectivity index (χ4n) is 3.10. The van der Waals surface area contributed by atoms with E-state index in [0.29, 0.717) is 37.2 Å².